The molecule has 2 aromatic rings. The summed E-state index contributed by atoms with van der Waals surface area (Å²) in [6.45, 7) is 0. The summed E-state index contributed by atoms with van der Waals surface area (Å²) in [5, 5.41) is 7.21. The Balaban J connectivity index is 2.21. The third-order valence-electron chi connectivity index (χ3n) is 2.00. The first-order valence-corrected chi connectivity index (χ1v) is 5.82. The minimum Gasteiger partial charge on any atom is -0.267 e. The van der Waals surface area contributed by atoms with E-state index in [2.05, 4.69) is 15.6 Å². The van der Waals surface area contributed by atoms with Gasteiger partial charge in [0, 0.05) is 4.90 Å². The smallest absolute Gasteiger partial charge is 0.267 e. The quantitative estimate of drug-likeness (QED) is 0.815. The molecule has 0 unspecified atom stereocenters. The molecular weight excluding hydrogens is 224 g/mol. The monoisotopic (exact) mass is 234 g/mol. The standard InChI is InChI=1S/C10H10N4OS/c1-16-9-5-3-2-4-8(9)10(15)13-14-6-11-12-7-14/h2-7H,1H3,(H,13,15). The predicted molar refractivity (Wildman–Crippen MR) is 61.9 cm³/mol. The fraction of sp³-hybridized carbons (Fsp3) is 0.100. The lowest BCUT2D eigenvalue weighted by Crippen LogP contribution is -2.22. The molecule has 6 heteroatoms. The Hall–Kier alpha value is -1.82. The van der Waals surface area contributed by atoms with Crippen molar-refractivity contribution in [3.63, 3.8) is 0 Å². The molecule has 0 saturated carbocycles. The summed E-state index contributed by atoms with van der Waals surface area (Å²) in [7, 11) is 0. The number of thioether (sulfide) groups is 1. The number of carbonyl (C=O) groups is 1. The summed E-state index contributed by atoms with van der Waals surface area (Å²) < 4.78 is 1.42. The van der Waals surface area contributed by atoms with Crippen LogP contribution in [0.3, 0.4) is 0 Å². The lowest BCUT2D eigenvalue weighted by molar-refractivity contribution is 0.100. The molecule has 2 rings (SSSR count). The molecule has 1 amide bonds. The van der Waals surface area contributed by atoms with E-state index in [-0.39, 0.29) is 5.91 Å². The van der Waals surface area contributed by atoms with Crippen molar-refractivity contribution in [2.24, 2.45) is 0 Å². The Morgan fingerprint density at radius 2 is 2.00 bits per heavy atom. The van der Waals surface area contributed by atoms with E-state index in [4.69, 9.17) is 0 Å². The first-order chi connectivity index (χ1) is 7.81. The molecule has 0 spiro atoms. The van der Waals surface area contributed by atoms with Crippen LogP contribution in [0.25, 0.3) is 0 Å². The average molecular weight is 234 g/mol. The highest BCUT2D eigenvalue weighted by Gasteiger charge is 2.09. The van der Waals surface area contributed by atoms with E-state index in [1.807, 2.05) is 24.5 Å². The van der Waals surface area contributed by atoms with Gasteiger partial charge in [0.2, 0.25) is 0 Å². The van der Waals surface area contributed by atoms with Crippen molar-refractivity contribution in [2.75, 3.05) is 11.7 Å². The van der Waals surface area contributed by atoms with Gasteiger partial charge in [-0.25, -0.2) is 4.68 Å². The van der Waals surface area contributed by atoms with Gasteiger partial charge in [-0.2, -0.15) is 0 Å². The molecule has 1 heterocycles. The van der Waals surface area contributed by atoms with Crippen LogP contribution in [0.15, 0.2) is 41.8 Å². The van der Waals surface area contributed by atoms with E-state index in [0.717, 1.165) is 4.90 Å². The fourth-order valence-electron chi connectivity index (χ4n) is 1.27. The van der Waals surface area contributed by atoms with E-state index >= 15 is 0 Å². The van der Waals surface area contributed by atoms with Gasteiger partial charge in [-0.3, -0.25) is 10.2 Å². The molecule has 5 nitrogen and oxygen atoms in total. The van der Waals surface area contributed by atoms with Gasteiger partial charge >= 0.3 is 0 Å². The second-order valence-electron chi connectivity index (χ2n) is 3.01. The fourth-order valence-corrected chi connectivity index (χ4v) is 1.86. The second kappa shape index (κ2) is 4.80. The molecule has 1 aromatic heterocycles. The Kier molecular flexibility index (Phi) is 3.21. The van der Waals surface area contributed by atoms with Gasteiger partial charge in [0.25, 0.3) is 5.91 Å². The minimum atomic E-state index is -0.176. The van der Waals surface area contributed by atoms with Gasteiger partial charge < -0.3 is 0 Å². The molecule has 0 bridgehead atoms. The van der Waals surface area contributed by atoms with Crippen LogP contribution in [0.2, 0.25) is 0 Å². The number of nitrogens with zero attached hydrogens (tertiary/aromatic N) is 3. The van der Waals surface area contributed by atoms with Crippen LogP contribution < -0.4 is 5.43 Å². The van der Waals surface area contributed by atoms with Crippen molar-refractivity contribution in [3.8, 4) is 0 Å². The molecule has 0 aliphatic carbocycles. The summed E-state index contributed by atoms with van der Waals surface area (Å²) in [5.74, 6) is -0.176. The van der Waals surface area contributed by atoms with Crippen molar-refractivity contribution < 1.29 is 4.79 Å². The van der Waals surface area contributed by atoms with E-state index < -0.39 is 0 Å². The van der Waals surface area contributed by atoms with Gasteiger partial charge in [-0.1, -0.05) is 12.1 Å². The summed E-state index contributed by atoms with van der Waals surface area (Å²) in [6, 6.07) is 7.43. The maximum atomic E-state index is 11.9. The number of carbonyl (C=O) groups excluding carboxylic acids is 1. The van der Waals surface area contributed by atoms with E-state index in [1.54, 1.807) is 6.07 Å². The molecule has 0 aliphatic rings. The predicted octanol–water partition coefficient (Wildman–Crippen LogP) is 1.38. The lowest BCUT2D eigenvalue weighted by atomic mass is 10.2. The number of aromatic nitrogens is 3. The maximum Gasteiger partial charge on any atom is 0.271 e. The Morgan fingerprint density at radius 3 is 2.69 bits per heavy atom. The molecule has 0 fully saturated rings. The molecule has 1 N–H and O–H groups in total. The molecule has 82 valence electrons. The summed E-state index contributed by atoms with van der Waals surface area (Å²) in [4.78, 5) is 12.8. The molecular formula is C10H10N4OS. The zero-order valence-corrected chi connectivity index (χ0v) is 9.44. The van der Waals surface area contributed by atoms with Crippen molar-refractivity contribution in [1.82, 2.24) is 14.9 Å². The number of hydrogen-bond donors (Lipinski definition) is 1. The van der Waals surface area contributed by atoms with Crippen LogP contribution in [0.4, 0.5) is 0 Å². The zero-order valence-electron chi connectivity index (χ0n) is 8.62. The van der Waals surface area contributed by atoms with Crippen LogP contribution in [-0.4, -0.2) is 27.0 Å². The van der Waals surface area contributed by atoms with Crippen molar-refractivity contribution in [2.45, 2.75) is 4.90 Å². The van der Waals surface area contributed by atoms with E-state index in [9.17, 15) is 4.79 Å². The van der Waals surface area contributed by atoms with Gasteiger partial charge in [0.05, 0.1) is 5.56 Å². The van der Waals surface area contributed by atoms with Crippen molar-refractivity contribution in [3.05, 3.63) is 42.5 Å². The van der Waals surface area contributed by atoms with Crippen LogP contribution >= 0.6 is 11.8 Å². The highest BCUT2D eigenvalue weighted by Crippen LogP contribution is 2.19. The molecule has 0 saturated heterocycles. The maximum absolute atomic E-state index is 11.9. The summed E-state index contributed by atoms with van der Waals surface area (Å²) in [5.41, 5.74) is 3.29. The molecule has 0 radical (unpaired) electrons. The summed E-state index contributed by atoms with van der Waals surface area (Å²) in [6.07, 6.45) is 4.80. The Bertz CT molecular complexity index is 483. The van der Waals surface area contributed by atoms with E-state index in [0.29, 0.717) is 5.56 Å². The highest BCUT2D eigenvalue weighted by molar-refractivity contribution is 7.98. The summed E-state index contributed by atoms with van der Waals surface area (Å²) >= 11 is 1.54. The average Bonchev–Trinajstić information content (AvgIpc) is 2.81. The minimum absolute atomic E-state index is 0.176. The van der Waals surface area contributed by atoms with Gasteiger partial charge in [0.1, 0.15) is 12.7 Å². The highest BCUT2D eigenvalue weighted by atomic mass is 32.2. The second-order valence-corrected chi connectivity index (χ2v) is 3.86. The van der Waals surface area contributed by atoms with Crippen molar-refractivity contribution in [1.29, 1.82) is 0 Å². The first kappa shape index (κ1) is 10.7. The topological polar surface area (TPSA) is 59.8 Å². The molecule has 1 aromatic carbocycles. The number of hydrogen-bond acceptors (Lipinski definition) is 4. The van der Waals surface area contributed by atoms with Gasteiger partial charge in [-0.05, 0) is 18.4 Å². The van der Waals surface area contributed by atoms with Crippen LogP contribution in [-0.2, 0) is 0 Å². The third-order valence-corrected chi connectivity index (χ3v) is 2.80. The lowest BCUT2D eigenvalue weighted by Gasteiger charge is -2.07. The number of rotatable bonds is 3. The van der Waals surface area contributed by atoms with Crippen LogP contribution in [0.1, 0.15) is 10.4 Å². The largest absolute Gasteiger partial charge is 0.271 e. The van der Waals surface area contributed by atoms with Crippen LogP contribution in [0.5, 0.6) is 0 Å². The molecule has 0 aliphatic heterocycles. The third kappa shape index (κ3) is 2.22. The number of amides is 1. The molecule has 16 heavy (non-hydrogen) atoms. The Labute approximate surface area is 96.8 Å². The van der Waals surface area contributed by atoms with E-state index in [1.165, 1.54) is 29.1 Å². The molecule has 0 atom stereocenters. The van der Waals surface area contributed by atoms with Gasteiger partial charge in [-0.15, -0.1) is 22.0 Å². The Morgan fingerprint density at radius 1 is 1.31 bits per heavy atom. The number of nitrogens with one attached hydrogen (secondary N) is 1. The SMILES string of the molecule is CSc1ccccc1C(=O)Nn1cnnc1. The first-order valence-electron chi connectivity index (χ1n) is 4.60. The van der Waals surface area contributed by atoms with Gasteiger partial charge in [0.15, 0.2) is 0 Å². The van der Waals surface area contributed by atoms with Crippen LogP contribution in [0, 0.1) is 0 Å². The normalized spacial score (nSPS) is 10.1. The zero-order chi connectivity index (χ0) is 11.4. The number of benzene rings is 1. The van der Waals surface area contributed by atoms with Crippen molar-refractivity contribution >= 4 is 17.7 Å².